The number of alkyl halides is 3. The van der Waals surface area contributed by atoms with E-state index in [1.807, 2.05) is 6.07 Å². The average Bonchev–Trinajstić information content (AvgIpc) is 2.69. The predicted octanol–water partition coefficient (Wildman–Crippen LogP) is 6.49. The van der Waals surface area contributed by atoms with Crippen molar-refractivity contribution >= 4 is 17.1 Å². The first-order chi connectivity index (χ1) is 14.3. The van der Waals surface area contributed by atoms with E-state index in [-0.39, 0.29) is 12.4 Å². The van der Waals surface area contributed by atoms with Gasteiger partial charge in [0.15, 0.2) is 0 Å². The number of nitrogens with zero attached hydrogens (tertiary/aromatic N) is 1. The van der Waals surface area contributed by atoms with Gasteiger partial charge in [-0.25, -0.2) is 4.98 Å². The van der Waals surface area contributed by atoms with Gasteiger partial charge in [-0.2, -0.15) is 0 Å². The zero-order valence-corrected chi connectivity index (χ0v) is 17.6. The zero-order valence-electron chi connectivity index (χ0n) is 17.6. The number of aliphatic hydroxyl groups excluding tert-OH is 1. The minimum atomic E-state index is -4.72. The quantitative estimate of drug-likeness (QED) is 0.460. The first kappa shape index (κ1) is 23.7. The summed E-state index contributed by atoms with van der Waals surface area (Å²) in [4.78, 5) is 4.51. The Labute approximate surface area is 175 Å². The minimum Gasteiger partial charge on any atom is -0.406 e. The SMILES string of the molecule is CC/C=C(/c1c(CCO)ccnc1Nc1ccc(OC(F)(F)F)cc1)C(CC)CC. The monoisotopic (exact) mass is 422 g/mol. The van der Waals surface area contributed by atoms with E-state index < -0.39 is 6.36 Å². The lowest BCUT2D eigenvalue weighted by molar-refractivity contribution is -0.274. The normalized spacial score (nSPS) is 12.3. The molecule has 0 radical (unpaired) electrons. The minimum absolute atomic E-state index is 0.0161. The van der Waals surface area contributed by atoms with Gasteiger partial charge in [0.2, 0.25) is 0 Å². The number of anilines is 2. The van der Waals surface area contributed by atoms with E-state index >= 15 is 0 Å². The summed E-state index contributed by atoms with van der Waals surface area (Å²) in [7, 11) is 0. The molecule has 0 saturated heterocycles. The van der Waals surface area contributed by atoms with Gasteiger partial charge in [0.25, 0.3) is 0 Å². The number of ether oxygens (including phenoxy) is 1. The van der Waals surface area contributed by atoms with Crippen molar-refractivity contribution in [3.63, 3.8) is 0 Å². The first-order valence-electron chi connectivity index (χ1n) is 10.2. The van der Waals surface area contributed by atoms with Crippen molar-refractivity contribution in [1.29, 1.82) is 0 Å². The van der Waals surface area contributed by atoms with Crippen molar-refractivity contribution < 1.29 is 23.0 Å². The molecule has 0 spiro atoms. The average molecular weight is 422 g/mol. The van der Waals surface area contributed by atoms with Crippen molar-refractivity contribution in [3.05, 3.63) is 53.7 Å². The van der Waals surface area contributed by atoms with Crippen molar-refractivity contribution in [2.75, 3.05) is 11.9 Å². The number of rotatable bonds is 10. The van der Waals surface area contributed by atoms with Crippen LogP contribution in [0, 0.1) is 5.92 Å². The number of hydrogen-bond acceptors (Lipinski definition) is 4. The fourth-order valence-corrected chi connectivity index (χ4v) is 3.55. The molecule has 0 saturated carbocycles. The van der Waals surface area contributed by atoms with Crippen LogP contribution in [0.2, 0.25) is 0 Å². The molecule has 30 heavy (non-hydrogen) atoms. The Morgan fingerprint density at radius 2 is 1.80 bits per heavy atom. The molecule has 0 unspecified atom stereocenters. The molecule has 0 aliphatic heterocycles. The predicted molar refractivity (Wildman–Crippen MR) is 114 cm³/mol. The van der Waals surface area contributed by atoms with Crippen LogP contribution in [-0.4, -0.2) is 23.1 Å². The Morgan fingerprint density at radius 3 is 2.33 bits per heavy atom. The van der Waals surface area contributed by atoms with Crippen LogP contribution in [0.1, 0.15) is 51.2 Å². The third-order valence-corrected chi connectivity index (χ3v) is 4.91. The Balaban J connectivity index is 2.45. The highest BCUT2D eigenvalue weighted by Gasteiger charge is 2.31. The highest BCUT2D eigenvalue weighted by Crippen LogP contribution is 2.36. The molecule has 1 heterocycles. The lowest BCUT2D eigenvalue weighted by atomic mass is 9.85. The molecule has 0 bridgehead atoms. The smallest absolute Gasteiger partial charge is 0.406 e. The van der Waals surface area contributed by atoms with Crippen LogP contribution in [0.15, 0.2) is 42.6 Å². The number of allylic oxidation sites excluding steroid dienone is 2. The number of nitrogens with one attached hydrogen (secondary N) is 1. The van der Waals surface area contributed by atoms with E-state index in [1.165, 1.54) is 29.8 Å². The molecule has 164 valence electrons. The third-order valence-electron chi connectivity index (χ3n) is 4.91. The van der Waals surface area contributed by atoms with Gasteiger partial charge in [-0.15, -0.1) is 13.2 Å². The molecular weight excluding hydrogens is 393 g/mol. The van der Waals surface area contributed by atoms with Crippen molar-refractivity contribution in [2.24, 2.45) is 5.92 Å². The second kappa shape index (κ2) is 11.0. The standard InChI is InChI=1S/C23H29F3N2O2/c1-4-7-20(16(5-2)6-3)21-17(13-15-29)12-14-27-22(21)28-18-8-10-19(11-9-18)30-23(24,25)26/h7-12,14,16,29H,4-6,13,15H2,1-3H3,(H,27,28)/b20-7+. The number of pyridine rings is 1. The molecule has 1 aromatic heterocycles. The Morgan fingerprint density at radius 1 is 1.13 bits per heavy atom. The number of aliphatic hydroxyl groups is 1. The Bertz CT molecular complexity index is 829. The van der Waals surface area contributed by atoms with Crippen LogP contribution in [0.5, 0.6) is 5.75 Å². The molecule has 2 N–H and O–H groups in total. The van der Waals surface area contributed by atoms with E-state index in [2.05, 4.69) is 41.9 Å². The molecule has 0 aliphatic carbocycles. The highest BCUT2D eigenvalue weighted by molar-refractivity contribution is 5.80. The largest absolute Gasteiger partial charge is 0.573 e. The van der Waals surface area contributed by atoms with Gasteiger partial charge in [-0.3, -0.25) is 0 Å². The topological polar surface area (TPSA) is 54.4 Å². The van der Waals surface area contributed by atoms with E-state index in [0.717, 1.165) is 30.4 Å². The van der Waals surface area contributed by atoms with Gasteiger partial charge >= 0.3 is 6.36 Å². The lowest BCUT2D eigenvalue weighted by Gasteiger charge is -2.23. The van der Waals surface area contributed by atoms with Crippen molar-refractivity contribution in [3.8, 4) is 5.75 Å². The van der Waals surface area contributed by atoms with E-state index in [1.54, 1.807) is 6.20 Å². The van der Waals surface area contributed by atoms with Crippen LogP contribution in [0.25, 0.3) is 5.57 Å². The molecule has 1 aromatic carbocycles. The molecule has 2 rings (SSSR count). The summed E-state index contributed by atoms with van der Waals surface area (Å²) in [6.45, 7) is 6.39. The van der Waals surface area contributed by atoms with Crippen LogP contribution in [0.4, 0.5) is 24.7 Å². The molecular formula is C23H29F3N2O2. The maximum absolute atomic E-state index is 12.4. The maximum Gasteiger partial charge on any atom is 0.573 e. The van der Waals surface area contributed by atoms with Crippen molar-refractivity contribution in [2.45, 2.75) is 52.8 Å². The van der Waals surface area contributed by atoms with Gasteiger partial charge in [0.1, 0.15) is 11.6 Å². The van der Waals surface area contributed by atoms with Crippen LogP contribution < -0.4 is 10.1 Å². The number of hydrogen-bond donors (Lipinski definition) is 2. The summed E-state index contributed by atoms with van der Waals surface area (Å²) in [5.74, 6) is 0.686. The third kappa shape index (κ3) is 6.49. The Hall–Kier alpha value is -2.54. The number of halogens is 3. The van der Waals surface area contributed by atoms with Gasteiger partial charge < -0.3 is 15.2 Å². The summed E-state index contributed by atoms with van der Waals surface area (Å²) in [6, 6.07) is 7.47. The second-order valence-electron chi connectivity index (χ2n) is 6.95. The number of aromatic nitrogens is 1. The summed E-state index contributed by atoms with van der Waals surface area (Å²) >= 11 is 0. The van der Waals surface area contributed by atoms with Gasteiger partial charge in [-0.05, 0) is 73.1 Å². The fourth-order valence-electron chi connectivity index (χ4n) is 3.55. The molecule has 0 fully saturated rings. The van der Waals surface area contributed by atoms with Gasteiger partial charge in [0, 0.05) is 24.1 Å². The fraction of sp³-hybridized carbons (Fsp3) is 0.435. The van der Waals surface area contributed by atoms with E-state index in [4.69, 9.17) is 0 Å². The lowest BCUT2D eigenvalue weighted by Crippen LogP contribution is -2.17. The van der Waals surface area contributed by atoms with Crippen LogP contribution in [-0.2, 0) is 6.42 Å². The van der Waals surface area contributed by atoms with E-state index in [0.29, 0.717) is 23.8 Å². The van der Waals surface area contributed by atoms with Crippen LogP contribution >= 0.6 is 0 Å². The van der Waals surface area contributed by atoms with Gasteiger partial charge in [0.05, 0.1) is 0 Å². The second-order valence-corrected chi connectivity index (χ2v) is 6.95. The Kier molecular flexibility index (Phi) is 8.72. The summed E-state index contributed by atoms with van der Waals surface area (Å²) in [5, 5.41) is 12.8. The molecule has 0 atom stereocenters. The molecule has 7 heteroatoms. The summed E-state index contributed by atoms with van der Waals surface area (Å²) in [5.41, 5.74) is 3.72. The number of benzene rings is 1. The molecule has 0 amide bonds. The molecule has 0 aliphatic rings. The molecule has 4 nitrogen and oxygen atoms in total. The summed E-state index contributed by atoms with van der Waals surface area (Å²) in [6.07, 6.45) is 2.44. The zero-order chi connectivity index (χ0) is 22.1. The van der Waals surface area contributed by atoms with Gasteiger partial charge in [-0.1, -0.05) is 26.8 Å². The molecule has 2 aromatic rings. The van der Waals surface area contributed by atoms with Crippen LogP contribution in [0.3, 0.4) is 0 Å². The highest BCUT2D eigenvalue weighted by atomic mass is 19.4. The first-order valence-corrected chi connectivity index (χ1v) is 10.2. The van der Waals surface area contributed by atoms with Crippen molar-refractivity contribution in [1.82, 2.24) is 4.98 Å². The maximum atomic E-state index is 12.4. The summed E-state index contributed by atoms with van der Waals surface area (Å²) < 4.78 is 41.1. The van der Waals surface area contributed by atoms with E-state index in [9.17, 15) is 18.3 Å².